The van der Waals surface area contributed by atoms with Crippen LogP contribution >= 0.6 is 26.2 Å². The SMILES string of the molecule is Cc1ncnc2c1ncn2[C@H]1CC(C)([P+](=O)OC[C@@H]2CC[C@H](n3cnc4c(N)ncnc43)O2)[C@@H](CCOP(=O)(O)SCc2ccc(NC(=O)CNC(=O)CCCCCN3NNC4=C3c3ccccc3CN(C(=O)CCNC(=O)CCCCC=O)c3ccccc34)cc2)O1. The van der Waals surface area contributed by atoms with Crippen molar-refractivity contribution < 1.29 is 56.5 Å². The average molecular weight is 1330 g/mol. The molecule has 0 aliphatic carbocycles. The Bertz CT molecular complexity index is 3970. The quantitative estimate of drug-likeness (QED) is 0.0127. The molecule has 4 aliphatic rings. The van der Waals surface area contributed by atoms with Gasteiger partial charge in [0.1, 0.15) is 55.1 Å². The lowest BCUT2D eigenvalue weighted by Crippen LogP contribution is -2.38. The van der Waals surface area contributed by atoms with Gasteiger partial charge in [-0.2, -0.15) is 0 Å². The number of aromatic nitrogens is 8. The molecule has 4 aromatic heterocycles. The maximum Gasteiger partial charge on any atom is 0.517 e. The number of nitrogen functional groups attached to an aromatic ring is 1. The number of aldehydes is 1. The first kappa shape index (κ1) is 66.3. The van der Waals surface area contributed by atoms with Crippen LogP contribution in [0.3, 0.4) is 0 Å². The van der Waals surface area contributed by atoms with E-state index in [-0.39, 0.29) is 93.6 Å². The highest BCUT2D eigenvalue weighted by atomic mass is 32.7. The Hall–Kier alpha value is -8.11. The molecule has 0 spiro atoms. The summed E-state index contributed by atoms with van der Waals surface area (Å²) in [6, 6.07) is 22.5. The van der Waals surface area contributed by atoms with Crippen molar-refractivity contribution >= 4 is 107 Å². The maximum atomic E-state index is 14.4. The zero-order valence-corrected chi connectivity index (χ0v) is 54.2. The topological polar surface area (TPSA) is 356 Å². The van der Waals surface area contributed by atoms with Crippen molar-refractivity contribution in [1.29, 1.82) is 0 Å². The van der Waals surface area contributed by atoms with Gasteiger partial charge in [-0.25, -0.2) is 34.5 Å². The molecular formula is C62H75N16O12P2S+. The number of para-hydroxylation sites is 1. The number of hydrogen-bond donors (Lipinski definition) is 7. The van der Waals surface area contributed by atoms with Crippen molar-refractivity contribution in [3.8, 4) is 0 Å². The van der Waals surface area contributed by atoms with E-state index in [4.69, 9.17) is 24.3 Å². The number of hydrazine groups is 2. The summed E-state index contributed by atoms with van der Waals surface area (Å²) in [5, 5.41) is 9.31. The number of rotatable bonds is 30. The van der Waals surface area contributed by atoms with E-state index in [1.54, 1.807) is 51.0 Å². The molecule has 0 radical (unpaired) electrons. The minimum atomic E-state index is -4.22. The number of fused-ring (bicyclic) bond motifs is 6. The average Bonchev–Trinajstić information content (AvgIpc) is 1.07. The van der Waals surface area contributed by atoms with Gasteiger partial charge in [0.05, 0.1) is 61.2 Å². The first-order chi connectivity index (χ1) is 45.0. The van der Waals surface area contributed by atoms with E-state index in [1.165, 1.54) is 12.7 Å². The van der Waals surface area contributed by atoms with Gasteiger partial charge in [0.25, 0.3) is 0 Å². The first-order valence-electron chi connectivity index (χ1n) is 31.0. The molecule has 0 saturated carbocycles. The van der Waals surface area contributed by atoms with E-state index in [1.807, 2.05) is 62.4 Å². The second-order valence-electron chi connectivity index (χ2n) is 23.3. The Kier molecular flexibility index (Phi) is 21.6. The molecule has 8 N–H and O–H groups in total. The molecule has 28 nitrogen and oxygen atoms in total. The molecule has 0 bridgehead atoms. The summed E-state index contributed by atoms with van der Waals surface area (Å²) < 4.78 is 56.0. The number of amides is 4. The van der Waals surface area contributed by atoms with Gasteiger partial charge >= 0.3 is 14.8 Å². The van der Waals surface area contributed by atoms with Gasteiger partial charge in [-0.3, -0.25) is 33.3 Å². The van der Waals surface area contributed by atoms with Gasteiger partial charge in [-0.15, -0.1) is 10.1 Å². The van der Waals surface area contributed by atoms with Crippen molar-refractivity contribution in [2.75, 3.05) is 48.8 Å². The summed E-state index contributed by atoms with van der Waals surface area (Å²) in [4.78, 5) is 101. The minimum absolute atomic E-state index is 0.0399. The monoisotopic (exact) mass is 1330 g/mol. The number of carbonyl (C=O) groups is 5. The molecule has 11 rings (SSSR count). The van der Waals surface area contributed by atoms with Crippen molar-refractivity contribution in [2.45, 2.75) is 139 Å². The second kappa shape index (κ2) is 30.3. The van der Waals surface area contributed by atoms with Crippen LogP contribution < -0.4 is 37.5 Å². The number of carbonyl (C=O) groups excluding carboxylic acids is 5. The van der Waals surface area contributed by atoms with Gasteiger partial charge < -0.3 is 55.7 Å². The molecular weight excluding hydrogens is 1250 g/mol. The number of unbranched alkanes of at least 4 members (excludes halogenated alkanes) is 4. The predicted octanol–water partition coefficient (Wildman–Crippen LogP) is 8.06. The van der Waals surface area contributed by atoms with Crippen molar-refractivity contribution in [2.24, 2.45) is 0 Å². The highest BCUT2D eigenvalue weighted by Gasteiger charge is 2.61. The van der Waals surface area contributed by atoms with Crippen LogP contribution in [0.2, 0.25) is 0 Å². The van der Waals surface area contributed by atoms with E-state index < -0.39 is 38.2 Å². The molecule has 2 fully saturated rings. The van der Waals surface area contributed by atoms with Gasteiger partial charge in [-0.05, 0) is 97.6 Å². The number of nitrogens with zero attached hydrogens (tertiary/aromatic N) is 10. The standard InChI is InChI=1S/C62H74N16O12P2S/c1-40-55-60(68-36-66-40)77(38-70-55)54-31-62(2,91(84)87-34-44-23-24-53(89-44)76-39-71-57-59(63)67-37-69-61(57)76)48(90-54)26-30-88-92(85,86)93-35-41-19-21-43(22-20-41)72-51(82)32-65-50(81)18-5-3-11-28-78-58-45-14-8-7-13-42(45)33-75(47-16-10-9-15-46(47)56(58)73-74-78)52(83)25-27-64-49(80)17-6-4-12-29-79/h7-10,13-16,19-22,29,36-39,44,48,53-54,73-74H,3-6,11-12,17-18,23-28,30-35H2,1-2H3,(H5-,63,64,65,67,69,72,80,81,82,85,86)/p+1/t44-,48+,53+,54+,62?/m0/s1. The van der Waals surface area contributed by atoms with Gasteiger partial charge in [0.2, 0.25) is 28.8 Å². The zero-order valence-electron chi connectivity index (χ0n) is 51.6. The second-order valence-corrected chi connectivity index (χ2v) is 29.0. The summed E-state index contributed by atoms with van der Waals surface area (Å²) in [6.07, 6.45) is 10.7. The van der Waals surface area contributed by atoms with Crippen LogP contribution in [0.1, 0.15) is 131 Å². The predicted molar refractivity (Wildman–Crippen MR) is 348 cm³/mol. The number of nitrogens with one attached hydrogen (secondary N) is 5. The largest absolute Gasteiger partial charge is 0.517 e. The summed E-state index contributed by atoms with van der Waals surface area (Å²) in [7, 11) is -2.42. The molecule has 4 amide bonds. The highest BCUT2D eigenvalue weighted by Crippen LogP contribution is 2.59. The van der Waals surface area contributed by atoms with Crippen molar-refractivity contribution in [3.63, 3.8) is 0 Å². The Balaban J connectivity index is 0.606. The lowest BCUT2D eigenvalue weighted by Gasteiger charge is -2.30. The molecule has 31 heteroatoms. The Morgan fingerprint density at radius 1 is 0.839 bits per heavy atom. The van der Waals surface area contributed by atoms with Crippen LogP contribution in [-0.4, -0.2) is 129 Å². The van der Waals surface area contributed by atoms with Crippen LogP contribution in [0, 0.1) is 6.92 Å². The van der Waals surface area contributed by atoms with Crippen LogP contribution in [0.5, 0.6) is 0 Å². The number of aryl methyl sites for hydroxylation is 1. The summed E-state index contributed by atoms with van der Waals surface area (Å²) >= 11 is 0.734. The van der Waals surface area contributed by atoms with E-state index in [0.29, 0.717) is 97.3 Å². The van der Waals surface area contributed by atoms with Crippen LogP contribution in [0.15, 0.2) is 98.1 Å². The number of hydrogen-bond acceptors (Lipinski definition) is 22. The summed E-state index contributed by atoms with van der Waals surface area (Å²) in [6.45, 7) is 0.165. The third-order valence-electron chi connectivity index (χ3n) is 16.9. The molecule has 4 aliphatic heterocycles. The molecule has 490 valence electrons. The zero-order chi connectivity index (χ0) is 65.1. The molecule has 3 aromatic carbocycles. The summed E-state index contributed by atoms with van der Waals surface area (Å²) in [5.74, 6) is -0.570. The summed E-state index contributed by atoms with van der Waals surface area (Å²) in [5.41, 5.74) is 22.0. The molecule has 3 unspecified atom stereocenters. The third-order valence-corrected chi connectivity index (χ3v) is 21.5. The van der Waals surface area contributed by atoms with Crippen LogP contribution in [0.4, 0.5) is 17.2 Å². The fraction of sp³-hybridized carbons (Fsp3) is 0.435. The van der Waals surface area contributed by atoms with Crippen LogP contribution in [-0.2, 0) is 63.9 Å². The number of ether oxygens (including phenoxy) is 2. The smallest absolute Gasteiger partial charge is 0.382 e. The number of benzene rings is 3. The van der Waals surface area contributed by atoms with Crippen LogP contribution in [0.25, 0.3) is 33.7 Å². The van der Waals surface area contributed by atoms with E-state index in [0.717, 1.165) is 64.3 Å². The fourth-order valence-electron chi connectivity index (χ4n) is 11.9. The lowest BCUT2D eigenvalue weighted by molar-refractivity contribution is -0.124. The normalized spacial score (nSPS) is 20.1. The van der Waals surface area contributed by atoms with Crippen molar-refractivity contribution in [1.82, 2.24) is 65.6 Å². The molecule has 8 heterocycles. The molecule has 7 aromatic rings. The number of nitrogens with two attached hydrogens (primary N) is 1. The lowest BCUT2D eigenvalue weighted by atomic mass is 9.95. The van der Waals surface area contributed by atoms with Crippen molar-refractivity contribution in [3.05, 3.63) is 126 Å². The fourth-order valence-corrected chi connectivity index (χ4v) is 15.5. The Morgan fingerprint density at radius 3 is 2.37 bits per heavy atom. The molecule has 93 heavy (non-hydrogen) atoms. The maximum absolute atomic E-state index is 14.4. The van der Waals surface area contributed by atoms with E-state index >= 15 is 0 Å². The third kappa shape index (κ3) is 15.9. The van der Waals surface area contributed by atoms with Gasteiger partial charge in [-0.1, -0.05) is 61.0 Å². The number of imidazole rings is 2. The Labute approximate surface area is 541 Å². The van der Waals surface area contributed by atoms with E-state index in [2.05, 4.69) is 61.8 Å². The Morgan fingerprint density at radius 2 is 1.56 bits per heavy atom. The molecule has 2 saturated heterocycles. The molecule has 7 atom stereocenters. The van der Waals surface area contributed by atoms with Gasteiger partial charge in [0.15, 0.2) is 17.1 Å². The van der Waals surface area contributed by atoms with Gasteiger partial charge in [0, 0.05) is 74.2 Å². The highest BCUT2D eigenvalue weighted by molar-refractivity contribution is 8.54. The van der Waals surface area contributed by atoms with E-state index in [9.17, 15) is 38.0 Å². The number of anilines is 3. The minimum Gasteiger partial charge on any atom is -0.382 e. The first-order valence-corrected chi connectivity index (χ1v) is 35.4.